The molecule has 1 radical (unpaired) electrons. The molecule has 0 aliphatic rings. The minimum Gasteiger partial charge on any atom is -0.352 e. The van der Waals surface area contributed by atoms with Gasteiger partial charge in [-0.1, -0.05) is 30.3 Å². The predicted molar refractivity (Wildman–Crippen MR) is 95.5 cm³/mol. The van der Waals surface area contributed by atoms with E-state index in [1.165, 1.54) is 23.9 Å². The van der Waals surface area contributed by atoms with E-state index in [-0.39, 0.29) is 18.3 Å². The summed E-state index contributed by atoms with van der Waals surface area (Å²) in [4.78, 5) is 24.4. The third-order valence-corrected chi connectivity index (χ3v) is 3.92. The molecule has 0 spiro atoms. The number of benzene rings is 2. The Labute approximate surface area is 150 Å². The van der Waals surface area contributed by atoms with Gasteiger partial charge in [0.25, 0.3) is 11.7 Å². The predicted octanol–water partition coefficient (Wildman–Crippen LogP) is 2.63. The van der Waals surface area contributed by atoms with Crippen LogP contribution in [0.3, 0.4) is 0 Å². The van der Waals surface area contributed by atoms with Crippen LogP contribution in [0.5, 0.6) is 0 Å². The van der Waals surface area contributed by atoms with E-state index < -0.39 is 11.7 Å². The third-order valence-electron chi connectivity index (χ3n) is 3.92. The number of hydrogen-bond acceptors (Lipinski definition) is 3. The number of aromatic nitrogens is 2. The number of carbonyl (C=O) groups is 2. The molecular weight excluding hydrogens is 333 g/mol. The molecule has 0 atom stereocenters. The molecule has 0 saturated carbocycles. The Morgan fingerprint density at radius 2 is 1.73 bits per heavy atom. The number of nitrogens with one attached hydrogen (secondary N) is 1. The number of likely N-dealkylation sites (N-methyl/N-ethyl adjacent to an activating group) is 1. The van der Waals surface area contributed by atoms with Crippen molar-refractivity contribution in [1.29, 1.82) is 0 Å². The van der Waals surface area contributed by atoms with Gasteiger partial charge in [-0.3, -0.25) is 14.3 Å². The van der Waals surface area contributed by atoms with Gasteiger partial charge in [0.05, 0.1) is 5.69 Å². The standard InChI is InChI=1S/C20H17FN3O2/c1-22-20(26)19(25)18(13-14-5-3-2-4-6-14)24-12-11-17(23-24)15-7-9-16(21)10-8-15/h2-12H,13H2,1H3,(H,22,26). The minimum absolute atomic E-state index is 0.240. The smallest absolute Gasteiger partial charge is 0.289 e. The van der Waals surface area contributed by atoms with Crippen molar-refractivity contribution in [1.82, 2.24) is 15.1 Å². The van der Waals surface area contributed by atoms with Crippen LogP contribution in [0.1, 0.15) is 5.56 Å². The van der Waals surface area contributed by atoms with Crippen LogP contribution in [0.15, 0.2) is 66.9 Å². The second-order valence-corrected chi connectivity index (χ2v) is 5.67. The van der Waals surface area contributed by atoms with Gasteiger partial charge in [0.2, 0.25) is 0 Å². The lowest BCUT2D eigenvalue weighted by atomic mass is 10.0. The van der Waals surface area contributed by atoms with Crippen LogP contribution >= 0.6 is 0 Å². The topological polar surface area (TPSA) is 64.0 Å². The number of nitrogens with zero attached hydrogens (tertiary/aromatic N) is 2. The number of ketones is 1. The quantitative estimate of drug-likeness (QED) is 0.695. The van der Waals surface area contributed by atoms with Crippen LogP contribution < -0.4 is 5.32 Å². The molecule has 1 aromatic heterocycles. The van der Waals surface area contributed by atoms with Crippen LogP contribution in [0.2, 0.25) is 0 Å². The zero-order valence-electron chi connectivity index (χ0n) is 14.1. The van der Waals surface area contributed by atoms with Gasteiger partial charge in [0, 0.05) is 25.2 Å². The molecule has 3 aromatic rings. The van der Waals surface area contributed by atoms with E-state index in [0.29, 0.717) is 5.69 Å². The maximum absolute atomic E-state index is 13.1. The Morgan fingerprint density at radius 3 is 2.38 bits per heavy atom. The first kappa shape index (κ1) is 17.5. The van der Waals surface area contributed by atoms with Crippen molar-refractivity contribution in [3.05, 3.63) is 84.3 Å². The lowest BCUT2D eigenvalue weighted by molar-refractivity contribution is -0.136. The van der Waals surface area contributed by atoms with Crippen molar-refractivity contribution >= 4 is 11.7 Å². The molecule has 0 bridgehead atoms. The average Bonchev–Trinajstić information content (AvgIpc) is 3.16. The summed E-state index contributed by atoms with van der Waals surface area (Å²) in [5.41, 5.74) is 2.19. The summed E-state index contributed by atoms with van der Waals surface area (Å²) in [5, 5.41) is 6.75. The maximum atomic E-state index is 13.1. The highest BCUT2D eigenvalue weighted by Gasteiger charge is 2.28. The van der Waals surface area contributed by atoms with Crippen LogP contribution in [-0.2, 0) is 16.0 Å². The van der Waals surface area contributed by atoms with Gasteiger partial charge in [-0.25, -0.2) is 4.39 Å². The van der Waals surface area contributed by atoms with E-state index in [2.05, 4.69) is 10.4 Å². The second-order valence-electron chi connectivity index (χ2n) is 5.67. The van der Waals surface area contributed by atoms with E-state index in [0.717, 1.165) is 11.1 Å². The highest BCUT2D eigenvalue weighted by molar-refractivity contribution is 6.41. The Balaban J connectivity index is 1.92. The fourth-order valence-corrected chi connectivity index (χ4v) is 2.55. The fourth-order valence-electron chi connectivity index (χ4n) is 2.55. The summed E-state index contributed by atoms with van der Waals surface area (Å²) < 4.78 is 14.5. The van der Waals surface area contributed by atoms with Crippen molar-refractivity contribution < 1.29 is 14.0 Å². The van der Waals surface area contributed by atoms with Crippen LogP contribution in [0.25, 0.3) is 11.3 Å². The lowest BCUT2D eigenvalue weighted by Crippen LogP contribution is -2.36. The van der Waals surface area contributed by atoms with E-state index in [1.807, 2.05) is 30.3 Å². The molecule has 0 aliphatic carbocycles. The molecule has 3 rings (SSSR count). The van der Waals surface area contributed by atoms with Gasteiger partial charge in [0.1, 0.15) is 5.82 Å². The van der Waals surface area contributed by atoms with Gasteiger partial charge in [-0.05, 0) is 35.9 Å². The zero-order chi connectivity index (χ0) is 18.5. The molecule has 5 nitrogen and oxygen atoms in total. The molecule has 1 N–H and O–H groups in total. The summed E-state index contributed by atoms with van der Waals surface area (Å²) in [6.07, 6.45) is 1.88. The normalized spacial score (nSPS) is 10.7. The van der Waals surface area contributed by atoms with Crippen molar-refractivity contribution in [2.24, 2.45) is 0 Å². The van der Waals surface area contributed by atoms with Crippen molar-refractivity contribution in [2.75, 3.05) is 7.05 Å². The van der Waals surface area contributed by atoms with Crippen LogP contribution in [0.4, 0.5) is 4.39 Å². The molecule has 0 unspecified atom stereocenters. The van der Waals surface area contributed by atoms with E-state index >= 15 is 0 Å². The summed E-state index contributed by atoms with van der Waals surface area (Å²) in [6, 6.07) is 17.2. The largest absolute Gasteiger partial charge is 0.352 e. The molecule has 0 saturated heterocycles. The Bertz CT molecular complexity index is 904. The number of rotatable bonds is 6. The number of halogens is 1. The molecule has 6 heteroatoms. The van der Waals surface area contributed by atoms with E-state index in [1.54, 1.807) is 24.4 Å². The molecule has 131 valence electrons. The van der Waals surface area contributed by atoms with Gasteiger partial charge < -0.3 is 5.32 Å². The lowest BCUT2D eigenvalue weighted by Gasteiger charge is -2.14. The maximum Gasteiger partial charge on any atom is 0.289 e. The van der Waals surface area contributed by atoms with Gasteiger partial charge in [-0.15, -0.1) is 0 Å². The zero-order valence-corrected chi connectivity index (χ0v) is 14.1. The van der Waals surface area contributed by atoms with Gasteiger partial charge >= 0.3 is 0 Å². The minimum atomic E-state index is -0.699. The first-order chi connectivity index (χ1) is 12.6. The first-order valence-corrected chi connectivity index (χ1v) is 8.06. The first-order valence-electron chi connectivity index (χ1n) is 8.06. The molecule has 1 amide bonds. The Morgan fingerprint density at radius 1 is 1.04 bits per heavy atom. The second kappa shape index (κ2) is 7.74. The summed E-state index contributed by atoms with van der Waals surface area (Å²) in [6.45, 7) is 0. The number of hydrogen-bond donors (Lipinski definition) is 1. The molecule has 26 heavy (non-hydrogen) atoms. The average molecular weight is 350 g/mol. The van der Waals surface area contributed by atoms with Gasteiger partial charge in [0.15, 0.2) is 6.04 Å². The molecule has 2 aromatic carbocycles. The number of amides is 1. The summed E-state index contributed by atoms with van der Waals surface area (Å²) in [7, 11) is 1.41. The number of Topliss-reactive ketones (excluding diaryl/α,β-unsaturated/α-hetero) is 1. The SMILES string of the molecule is CNC(=O)C(=O)[C](Cc1ccccc1)n1ccc(-c2ccc(F)cc2)n1. The molecule has 0 fully saturated rings. The van der Waals surface area contributed by atoms with Crippen LogP contribution in [-0.4, -0.2) is 28.5 Å². The number of carbonyl (C=O) groups excluding carboxylic acids is 2. The summed E-state index contributed by atoms with van der Waals surface area (Å²) >= 11 is 0. The van der Waals surface area contributed by atoms with Crippen molar-refractivity contribution in [3.8, 4) is 11.3 Å². The monoisotopic (exact) mass is 350 g/mol. The Kier molecular flexibility index (Phi) is 5.22. The van der Waals surface area contributed by atoms with Crippen LogP contribution in [0, 0.1) is 11.9 Å². The highest BCUT2D eigenvalue weighted by Crippen LogP contribution is 2.21. The third kappa shape index (κ3) is 3.85. The highest BCUT2D eigenvalue weighted by atomic mass is 19.1. The summed E-state index contributed by atoms with van der Waals surface area (Å²) in [5.74, 6) is -1.68. The van der Waals surface area contributed by atoms with Crippen molar-refractivity contribution in [2.45, 2.75) is 6.42 Å². The van der Waals surface area contributed by atoms with E-state index in [4.69, 9.17) is 0 Å². The Hall–Kier alpha value is -3.28. The molecular formula is C20H17FN3O2. The van der Waals surface area contributed by atoms with E-state index in [9.17, 15) is 14.0 Å². The van der Waals surface area contributed by atoms with Crippen molar-refractivity contribution in [3.63, 3.8) is 0 Å². The fraction of sp³-hybridized carbons (Fsp3) is 0.100. The van der Waals surface area contributed by atoms with Gasteiger partial charge in [-0.2, -0.15) is 5.10 Å². The molecule has 0 aliphatic heterocycles. The molecule has 1 heterocycles.